The molecular formula is C13H19N5O3S. The number of anilines is 1. The maximum Gasteiger partial charge on any atom is 0.324 e. The van der Waals surface area contributed by atoms with Crippen LogP contribution >= 0.6 is 11.3 Å². The fourth-order valence-corrected chi connectivity index (χ4v) is 2.77. The molecule has 0 aliphatic carbocycles. The molecule has 1 fully saturated rings. The molecule has 22 heavy (non-hydrogen) atoms. The number of thiazole rings is 1. The van der Waals surface area contributed by atoms with Crippen molar-refractivity contribution in [1.82, 2.24) is 20.5 Å². The highest BCUT2D eigenvalue weighted by atomic mass is 32.1. The molecule has 4 N–H and O–H groups in total. The summed E-state index contributed by atoms with van der Waals surface area (Å²) in [6.07, 6.45) is 1.21. The number of nitrogens with zero attached hydrogens (tertiary/aromatic N) is 2. The van der Waals surface area contributed by atoms with Crippen LogP contribution in [0.15, 0.2) is 5.38 Å². The van der Waals surface area contributed by atoms with Crippen LogP contribution in [0.25, 0.3) is 0 Å². The molecule has 0 saturated carbocycles. The lowest BCUT2D eigenvalue weighted by molar-refractivity contribution is -0.130. The third kappa shape index (κ3) is 3.94. The smallest absolute Gasteiger partial charge is 0.324 e. The largest absolute Gasteiger partial charge is 0.375 e. The van der Waals surface area contributed by atoms with Crippen molar-refractivity contribution in [2.75, 3.05) is 18.8 Å². The van der Waals surface area contributed by atoms with Crippen molar-refractivity contribution in [2.24, 2.45) is 0 Å². The Kier molecular flexibility index (Phi) is 5.31. The molecule has 0 radical (unpaired) electrons. The molecule has 1 aromatic heterocycles. The second-order valence-electron chi connectivity index (χ2n) is 4.97. The van der Waals surface area contributed by atoms with Crippen molar-refractivity contribution in [3.05, 3.63) is 11.1 Å². The average Bonchev–Trinajstić information content (AvgIpc) is 2.98. The van der Waals surface area contributed by atoms with Crippen LogP contribution in [0.4, 0.5) is 9.93 Å². The van der Waals surface area contributed by atoms with Crippen molar-refractivity contribution in [2.45, 2.75) is 32.2 Å². The Morgan fingerprint density at radius 3 is 2.95 bits per heavy atom. The predicted molar refractivity (Wildman–Crippen MR) is 82.2 cm³/mol. The van der Waals surface area contributed by atoms with Gasteiger partial charge in [-0.15, -0.1) is 11.3 Å². The van der Waals surface area contributed by atoms with Gasteiger partial charge in [-0.2, -0.15) is 0 Å². The molecule has 1 unspecified atom stereocenters. The number of carbonyl (C=O) groups excluding carboxylic acids is 3. The SMILES string of the molecule is CCCN1C(=O)NC(CC(=O)NCCc2csc(N)n2)C1=O. The van der Waals surface area contributed by atoms with Crippen molar-refractivity contribution < 1.29 is 14.4 Å². The Bertz CT molecular complexity index is 574. The normalized spacial score (nSPS) is 17.7. The number of imide groups is 1. The first-order valence-corrected chi connectivity index (χ1v) is 7.97. The van der Waals surface area contributed by atoms with E-state index in [4.69, 9.17) is 5.73 Å². The van der Waals surface area contributed by atoms with Crippen molar-refractivity contribution in [3.63, 3.8) is 0 Å². The van der Waals surface area contributed by atoms with Crippen LogP contribution in [-0.2, 0) is 16.0 Å². The molecule has 8 nitrogen and oxygen atoms in total. The summed E-state index contributed by atoms with van der Waals surface area (Å²) in [7, 11) is 0. The minimum Gasteiger partial charge on any atom is -0.375 e. The van der Waals surface area contributed by atoms with E-state index < -0.39 is 12.1 Å². The van der Waals surface area contributed by atoms with Gasteiger partial charge in [-0.3, -0.25) is 14.5 Å². The van der Waals surface area contributed by atoms with Crippen LogP contribution in [-0.4, -0.2) is 46.9 Å². The highest BCUT2D eigenvalue weighted by Crippen LogP contribution is 2.11. The molecule has 4 amide bonds. The van der Waals surface area contributed by atoms with Gasteiger partial charge in [0.2, 0.25) is 5.91 Å². The Labute approximate surface area is 132 Å². The molecule has 2 rings (SSSR count). The molecule has 0 bridgehead atoms. The Morgan fingerprint density at radius 1 is 1.55 bits per heavy atom. The van der Waals surface area contributed by atoms with Gasteiger partial charge < -0.3 is 16.4 Å². The molecule has 0 spiro atoms. The monoisotopic (exact) mass is 325 g/mol. The number of amides is 4. The van der Waals surface area contributed by atoms with Crippen LogP contribution in [0.3, 0.4) is 0 Å². The second-order valence-corrected chi connectivity index (χ2v) is 5.86. The van der Waals surface area contributed by atoms with Gasteiger partial charge in [-0.1, -0.05) is 6.92 Å². The zero-order valence-electron chi connectivity index (χ0n) is 12.3. The molecule has 120 valence electrons. The number of rotatable bonds is 7. The third-order valence-electron chi connectivity index (χ3n) is 3.22. The highest BCUT2D eigenvalue weighted by Gasteiger charge is 2.38. The lowest BCUT2D eigenvalue weighted by atomic mass is 10.2. The maximum atomic E-state index is 12.0. The molecule has 9 heteroatoms. The summed E-state index contributed by atoms with van der Waals surface area (Å²) in [5.74, 6) is -0.616. The molecule has 1 aliphatic rings. The molecule has 1 aliphatic heterocycles. The van der Waals surface area contributed by atoms with Gasteiger partial charge in [-0.25, -0.2) is 9.78 Å². The Hall–Kier alpha value is -2.16. The number of aromatic nitrogens is 1. The summed E-state index contributed by atoms with van der Waals surface area (Å²) < 4.78 is 0. The van der Waals surface area contributed by atoms with Crippen molar-refractivity contribution in [1.29, 1.82) is 0 Å². The van der Waals surface area contributed by atoms with Gasteiger partial charge in [0.05, 0.1) is 12.1 Å². The van der Waals surface area contributed by atoms with E-state index in [2.05, 4.69) is 15.6 Å². The van der Waals surface area contributed by atoms with E-state index >= 15 is 0 Å². The Balaban J connectivity index is 1.75. The summed E-state index contributed by atoms with van der Waals surface area (Å²) in [6.45, 7) is 2.66. The summed E-state index contributed by atoms with van der Waals surface area (Å²) in [5, 5.41) is 7.58. The molecule has 1 aromatic rings. The first-order valence-electron chi connectivity index (χ1n) is 7.09. The highest BCUT2D eigenvalue weighted by molar-refractivity contribution is 7.13. The van der Waals surface area contributed by atoms with E-state index in [1.807, 2.05) is 12.3 Å². The number of nitrogen functional groups attached to an aromatic ring is 1. The fourth-order valence-electron chi connectivity index (χ4n) is 2.18. The minimum atomic E-state index is -0.769. The molecule has 2 heterocycles. The zero-order chi connectivity index (χ0) is 16.1. The topological polar surface area (TPSA) is 117 Å². The van der Waals surface area contributed by atoms with Crippen molar-refractivity contribution in [3.8, 4) is 0 Å². The van der Waals surface area contributed by atoms with E-state index in [-0.39, 0.29) is 18.2 Å². The summed E-state index contributed by atoms with van der Waals surface area (Å²) in [5.41, 5.74) is 6.34. The number of hydrogen-bond donors (Lipinski definition) is 3. The molecule has 1 atom stereocenters. The number of hydrogen-bond acceptors (Lipinski definition) is 6. The van der Waals surface area contributed by atoms with Crippen LogP contribution in [0.2, 0.25) is 0 Å². The van der Waals surface area contributed by atoms with Gasteiger partial charge in [0, 0.05) is 24.9 Å². The number of nitrogens with one attached hydrogen (secondary N) is 2. The predicted octanol–water partition coefficient (Wildman–Crippen LogP) is 0.105. The van der Waals surface area contributed by atoms with Crippen LogP contribution < -0.4 is 16.4 Å². The second kappa shape index (κ2) is 7.21. The van der Waals surface area contributed by atoms with Crippen LogP contribution in [0.5, 0.6) is 0 Å². The van der Waals surface area contributed by atoms with Gasteiger partial charge in [0.1, 0.15) is 6.04 Å². The summed E-state index contributed by atoms with van der Waals surface area (Å²) >= 11 is 1.35. The first kappa shape index (κ1) is 16.2. The maximum absolute atomic E-state index is 12.0. The van der Waals surface area contributed by atoms with E-state index in [1.165, 1.54) is 11.3 Å². The molecular weight excluding hydrogens is 306 g/mol. The van der Waals surface area contributed by atoms with E-state index in [0.29, 0.717) is 31.1 Å². The lowest BCUT2D eigenvalue weighted by Gasteiger charge is -2.11. The van der Waals surface area contributed by atoms with E-state index in [0.717, 1.165) is 10.6 Å². The third-order valence-corrected chi connectivity index (χ3v) is 3.94. The van der Waals surface area contributed by atoms with Gasteiger partial charge in [-0.05, 0) is 6.42 Å². The number of urea groups is 1. The molecule has 1 saturated heterocycles. The van der Waals surface area contributed by atoms with Gasteiger partial charge >= 0.3 is 6.03 Å². The summed E-state index contributed by atoms with van der Waals surface area (Å²) in [4.78, 5) is 40.7. The standard InChI is InChI=1S/C13H19N5O3S/c1-2-5-18-11(20)9(17-13(18)21)6-10(19)15-4-3-8-7-22-12(14)16-8/h7,9H,2-6H2,1H3,(H2,14,16)(H,15,19)(H,17,21). The summed E-state index contributed by atoms with van der Waals surface area (Å²) in [6, 6.07) is -1.20. The number of carbonyl (C=O) groups is 3. The lowest BCUT2D eigenvalue weighted by Crippen LogP contribution is -2.37. The minimum absolute atomic E-state index is 0.0516. The average molecular weight is 325 g/mol. The van der Waals surface area contributed by atoms with Gasteiger partial charge in [0.25, 0.3) is 5.91 Å². The van der Waals surface area contributed by atoms with E-state index in [1.54, 1.807) is 0 Å². The molecule has 0 aromatic carbocycles. The number of nitrogens with two attached hydrogens (primary N) is 1. The quantitative estimate of drug-likeness (QED) is 0.615. The van der Waals surface area contributed by atoms with Crippen molar-refractivity contribution >= 4 is 34.3 Å². The zero-order valence-corrected chi connectivity index (χ0v) is 13.1. The van der Waals surface area contributed by atoms with Gasteiger partial charge in [0.15, 0.2) is 5.13 Å². The van der Waals surface area contributed by atoms with Crippen LogP contribution in [0.1, 0.15) is 25.5 Å². The fraction of sp³-hybridized carbons (Fsp3) is 0.538. The Morgan fingerprint density at radius 2 is 2.32 bits per heavy atom. The van der Waals surface area contributed by atoms with E-state index in [9.17, 15) is 14.4 Å². The first-order chi connectivity index (χ1) is 10.5. The van der Waals surface area contributed by atoms with Crippen LogP contribution in [0, 0.1) is 0 Å².